The highest BCUT2D eigenvalue weighted by molar-refractivity contribution is 5.63. The number of nitrogen functional groups attached to an aromatic ring is 1. The maximum absolute atomic E-state index is 13.5. The van der Waals surface area contributed by atoms with E-state index in [0.717, 1.165) is 6.07 Å². The van der Waals surface area contributed by atoms with Gasteiger partial charge in [0.1, 0.15) is 29.1 Å². The van der Waals surface area contributed by atoms with E-state index in [1.54, 1.807) is 24.3 Å². The second-order valence-electron chi connectivity index (χ2n) is 4.69. The normalized spacial score (nSPS) is 10.2. The Hall–Kier alpha value is -2.74. The molecule has 2 aromatic rings. The average molecular weight is 286 g/mol. The van der Waals surface area contributed by atoms with E-state index in [-0.39, 0.29) is 17.4 Å². The summed E-state index contributed by atoms with van der Waals surface area (Å²) in [7, 11) is 0. The van der Waals surface area contributed by atoms with Crippen molar-refractivity contribution in [2.24, 2.45) is 0 Å². The number of hydrogen-bond donors (Lipinski definition) is 1. The molecule has 0 amide bonds. The molecule has 0 aromatic heterocycles. The molecule has 2 N–H and O–H groups in total. The summed E-state index contributed by atoms with van der Waals surface area (Å²) >= 11 is 0. The Balaban J connectivity index is 2.28. The van der Waals surface area contributed by atoms with Gasteiger partial charge in [-0.05, 0) is 38.1 Å². The minimum absolute atomic E-state index is 0.0186. The summed E-state index contributed by atoms with van der Waals surface area (Å²) in [4.78, 5) is 0. The number of nitrogens with zero attached hydrogens (tertiary/aromatic N) is 1. The van der Waals surface area contributed by atoms with Gasteiger partial charge in [0.25, 0.3) is 0 Å². The molecule has 0 heterocycles. The van der Waals surface area contributed by atoms with Crippen LogP contribution in [0.3, 0.4) is 0 Å². The van der Waals surface area contributed by atoms with Gasteiger partial charge in [-0.3, -0.25) is 0 Å². The molecule has 21 heavy (non-hydrogen) atoms. The lowest BCUT2D eigenvalue weighted by Gasteiger charge is -2.15. The van der Waals surface area contributed by atoms with Crippen LogP contribution in [0.5, 0.6) is 17.2 Å². The van der Waals surface area contributed by atoms with Crippen LogP contribution in [0.2, 0.25) is 0 Å². The van der Waals surface area contributed by atoms with Gasteiger partial charge in [0.15, 0.2) is 5.75 Å². The standard InChI is InChI=1S/C16H15FN2O2/c1-10(2)20-14-4-3-5-15(16(14)19)21-12-7-6-11(9-18)13(17)8-12/h3-8,10H,19H2,1-2H3. The Morgan fingerprint density at radius 3 is 2.52 bits per heavy atom. The summed E-state index contributed by atoms with van der Waals surface area (Å²) in [6, 6.07) is 10.9. The molecule has 2 aromatic carbocycles. The number of ether oxygens (including phenoxy) is 2. The first-order chi connectivity index (χ1) is 10.0. The molecule has 0 saturated carbocycles. The Labute approximate surface area is 122 Å². The maximum Gasteiger partial charge on any atom is 0.154 e. The van der Waals surface area contributed by atoms with E-state index in [0.29, 0.717) is 17.2 Å². The predicted octanol–water partition coefficient (Wildman–Crippen LogP) is 3.86. The van der Waals surface area contributed by atoms with Crippen LogP contribution in [0, 0.1) is 17.1 Å². The topological polar surface area (TPSA) is 68.3 Å². The summed E-state index contributed by atoms with van der Waals surface area (Å²) in [5.41, 5.74) is 6.29. The Morgan fingerprint density at radius 2 is 1.90 bits per heavy atom. The molecular formula is C16H15FN2O2. The lowest BCUT2D eigenvalue weighted by molar-refractivity contribution is 0.243. The average Bonchev–Trinajstić information content (AvgIpc) is 2.43. The molecule has 108 valence electrons. The summed E-state index contributed by atoms with van der Waals surface area (Å²) < 4.78 is 24.7. The first-order valence-electron chi connectivity index (χ1n) is 6.44. The van der Waals surface area contributed by atoms with E-state index in [1.165, 1.54) is 12.1 Å². The second kappa shape index (κ2) is 6.14. The predicted molar refractivity (Wildman–Crippen MR) is 77.8 cm³/mol. The van der Waals surface area contributed by atoms with Gasteiger partial charge in [-0.25, -0.2) is 4.39 Å². The van der Waals surface area contributed by atoms with E-state index < -0.39 is 5.82 Å². The zero-order valence-electron chi connectivity index (χ0n) is 11.8. The van der Waals surface area contributed by atoms with Gasteiger partial charge >= 0.3 is 0 Å². The van der Waals surface area contributed by atoms with Crippen molar-refractivity contribution in [1.29, 1.82) is 5.26 Å². The highest BCUT2D eigenvalue weighted by Crippen LogP contribution is 2.35. The number of nitriles is 1. The van der Waals surface area contributed by atoms with Crippen LogP contribution in [0.25, 0.3) is 0 Å². The molecular weight excluding hydrogens is 271 g/mol. The van der Waals surface area contributed by atoms with Gasteiger partial charge < -0.3 is 15.2 Å². The smallest absolute Gasteiger partial charge is 0.154 e. The van der Waals surface area contributed by atoms with Crippen molar-refractivity contribution in [3.8, 4) is 23.3 Å². The van der Waals surface area contributed by atoms with E-state index in [4.69, 9.17) is 20.5 Å². The van der Waals surface area contributed by atoms with E-state index in [1.807, 2.05) is 13.8 Å². The van der Waals surface area contributed by atoms with Gasteiger partial charge in [0, 0.05) is 6.07 Å². The number of benzene rings is 2. The number of para-hydroxylation sites is 1. The van der Waals surface area contributed by atoms with Crippen molar-refractivity contribution in [2.75, 3.05) is 5.73 Å². The SMILES string of the molecule is CC(C)Oc1cccc(Oc2ccc(C#N)c(F)c2)c1N. The molecule has 0 spiro atoms. The van der Waals surface area contributed by atoms with Crippen molar-refractivity contribution >= 4 is 5.69 Å². The van der Waals surface area contributed by atoms with Crippen LogP contribution in [0.4, 0.5) is 10.1 Å². The first-order valence-corrected chi connectivity index (χ1v) is 6.44. The summed E-state index contributed by atoms with van der Waals surface area (Å²) in [6.07, 6.45) is -0.0186. The lowest BCUT2D eigenvalue weighted by Crippen LogP contribution is -2.07. The fourth-order valence-electron chi connectivity index (χ4n) is 1.75. The monoisotopic (exact) mass is 286 g/mol. The van der Waals surface area contributed by atoms with Crippen LogP contribution in [-0.4, -0.2) is 6.10 Å². The zero-order chi connectivity index (χ0) is 15.4. The number of halogens is 1. The van der Waals surface area contributed by atoms with Crippen LogP contribution in [0.15, 0.2) is 36.4 Å². The third-order valence-electron chi connectivity index (χ3n) is 2.68. The van der Waals surface area contributed by atoms with Crippen LogP contribution >= 0.6 is 0 Å². The molecule has 0 radical (unpaired) electrons. The Bertz CT molecular complexity index is 693. The van der Waals surface area contributed by atoms with Gasteiger partial charge in [0.2, 0.25) is 0 Å². The van der Waals surface area contributed by atoms with Gasteiger partial charge in [-0.1, -0.05) is 6.07 Å². The van der Waals surface area contributed by atoms with Crippen molar-refractivity contribution in [3.05, 3.63) is 47.8 Å². The lowest BCUT2D eigenvalue weighted by atomic mass is 10.2. The van der Waals surface area contributed by atoms with Crippen LogP contribution < -0.4 is 15.2 Å². The van der Waals surface area contributed by atoms with Crippen molar-refractivity contribution in [3.63, 3.8) is 0 Å². The number of anilines is 1. The number of hydrogen-bond acceptors (Lipinski definition) is 4. The molecule has 0 aliphatic heterocycles. The fraction of sp³-hybridized carbons (Fsp3) is 0.188. The van der Waals surface area contributed by atoms with E-state index in [9.17, 15) is 4.39 Å². The highest BCUT2D eigenvalue weighted by Gasteiger charge is 2.11. The minimum atomic E-state index is -0.636. The molecule has 0 atom stereocenters. The molecule has 0 bridgehead atoms. The highest BCUT2D eigenvalue weighted by atomic mass is 19.1. The summed E-state index contributed by atoms with van der Waals surface area (Å²) in [5, 5.41) is 8.70. The quantitative estimate of drug-likeness (QED) is 0.866. The van der Waals surface area contributed by atoms with Gasteiger partial charge in [-0.15, -0.1) is 0 Å². The van der Waals surface area contributed by atoms with Crippen LogP contribution in [-0.2, 0) is 0 Å². The van der Waals surface area contributed by atoms with E-state index in [2.05, 4.69) is 0 Å². The largest absolute Gasteiger partial charge is 0.489 e. The molecule has 5 heteroatoms. The van der Waals surface area contributed by atoms with Crippen molar-refractivity contribution in [1.82, 2.24) is 0 Å². The molecule has 0 unspecified atom stereocenters. The summed E-state index contributed by atoms with van der Waals surface area (Å²) in [5.74, 6) is 0.511. The Morgan fingerprint density at radius 1 is 1.19 bits per heavy atom. The molecule has 0 fully saturated rings. The first kappa shape index (κ1) is 14.7. The maximum atomic E-state index is 13.5. The van der Waals surface area contributed by atoms with Crippen molar-refractivity contribution in [2.45, 2.75) is 20.0 Å². The van der Waals surface area contributed by atoms with Gasteiger partial charge in [-0.2, -0.15) is 5.26 Å². The molecule has 0 saturated heterocycles. The number of rotatable bonds is 4. The second-order valence-corrected chi connectivity index (χ2v) is 4.69. The Kier molecular flexibility index (Phi) is 4.29. The number of nitrogens with two attached hydrogens (primary N) is 1. The van der Waals surface area contributed by atoms with Gasteiger partial charge in [0.05, 0.1) is 11.7 Å². The van der Waals surface area contributed by atoms with Crippen LogP contribution in [0.1, 0.15) is 19.4 Å². The summed E-state index contributed by atoms with van der Waals surface area (Å²) in [6.45, 7) is 3.78. The molecule has 0 aliphatic rings. The third kappa shape index (κ3) is 3.42. The van der Waals surface area contributed by atoms with Crippen molar-refractivity contribution < 1.29 is 13.9 Å². The fourth-order valence-corrected chi connectivity index (χ4v) is 1.75. The molecule has 4 nitrogen and oxygen atoms in total. The van der Waals surface area contributed by atoms with E-state index >= 15 is 0 Å². The molecule has 2 rings (SSSR count). The molecule has 0 aliphatic carbocycles. The minimum Gasteiger partial charge on any atom is -0.489 e. The zero-order valence-corrected chi connectivity index (χ0v) is 11.8. The third-order valence-corrected chi connectivity index (χ3v) is 2.68.